The zero-order chi connectivity index (χ0) is 27.8. The van der Waals surface area contributed by atoms with Gasteiger partial charge >= 0.3 is 0 Å². The molecule has 0 amide bonds. The highest BCUT2D eigenvalue weighted by molar-refractivity contribution is 5.56. The maximum Gasteiger partial charge on any atom is 0.229 e. The summed E-state index contributed by atoms with van der Waals surface area (Å²) in [5, 5.41) is 69.4. The lowest BCUT2D eigenvalue weighted by Crippen LogP contribution is -2.60. The SMILES string of the molecule is COc1cc(C=CCO)ccc1OC(CO)C(O)c1ccc(OC2OC(CO)C(O)C(O)C2O)c(OC)c1. The van der Waals surface area contributed by atoms with E-state index < -0.39 is 56.1 Å². The van der Waals surface area contributed by atoms with E-state index >= 15 is 0 Å². The van der Waals surface area contributed by atoms with Crippen molar-refractivity contribution in [3.63, 3.8) is 0 Å². The Hall–Kier alpha value is -2.94. The average molecular weight is 539 g/mol. The van der Waals surface area contributed by atoms with Crippen LogP contribution in [0.25, 0.3) is 6.08 Å². The summed E-state index contributed by atoms with van der Waals surface area (Å²) in [6.45, 7) is -1.26. The lowest BCUT2D eigenvalue weighted by atomic mass is 9.99. The van der Waals surface area contributed by atoms with Crippen molar-refractivity contribution in [3.05, 3.63) is 53.6 Å². The third kappa shape index (κ3) is 6.73. The summed E-state index contributed by atoms with van der Waals surface area (Å²) in [6, 6.07) is 9.36. The van der Waals surface area contributed by atoms with Crippen molar-refractivity contribution < 1.29 is 59.4 Å². The van der Waals surface area contributed by atoms with E-state index in [4.69, 9.17) is 28.8 Å². The van der Waals surface area contributed by atoms with Crippen LogP contribution in [0, 0.1) is 0 Å². The zero-order valence-electron chi connectivity index (χ0n) is 21.0. The molecule has 3 rings (SSSR count). The summed E-state index contributed by atoms with van der Waals surface area (Å²) in [6.07, 6.45) is -6.47. The fourth-order valence-corrected chi connectivity index (χ4v) is 3.91. The minimum atomic E-state index is -1.62. The lowest BCUT2D eigenvalue weighted by molar-refractivity contribution is -0.277. The van der Waals surface area contributed by atoms with Crippen LogP contribution in [0.2, 0.25) is 0 Å². The van der Waals surface area contributed by atoms with Crippen LogP contribution in [0.3, 0.4) is 0 Å². The van der Waals surface area contributed by atoms with Crippen molar-refractivity contribution in [1.82, 2.24) is 0 Å². The van der Waals surface area contributed by atoms with E-state index in [0.717, 1.165) is 5.56 Å². The molecule has 12 nitrogen and oxygen atoms in total. The molecule has 0 bridgehead atoms. The number of aliphatic hydroxyl groups excluding tert-OH is 7. The van der Waals surface area contributed by atoms with Gasteiger partial charge in [-0.05, 0) is 35.4 Å². The van der Waals surface area contributed by atoms with Gasteiger partial charge in [0.15, 0.2) is 29.1 Å². The maximum absolute atomic E-state index is 11.0. The highest BCUT2D eigenvalue weighted by atomic mass is 16.7. The highest BCUT2D eigenvalue weighted by Gasteiger charge is 2.45. The van der Waals surface area contributed by atoms with E-state index in [-0.39, 0.29) is 23.9 Å². The fraction of sp³-hybridized carbons (Fsp3) is 0.462. The highest BCUT2D eigenvalue weighted by Crippen LogP contribution is 2.36. The summed E-state index contributed by atoms with van der Waals surface area (Å²) >= 11 is 0. The predicted molar refractivity (Wildman–Crippen MR) is 133 cm³/mol. The van der Waals surface area contributed by atoms with Gasteiger partial charge < -0.3 is 59.4 Å². The predicted octanol–water partition coefficient (Wildman–Crippen LogP) is -0.639. The number of methoxy groups -OCH3 is 2. The third-order valence-corrected chi connectivity index (χ3v) is 6.03. The first-order valence-electron chi connectivity index (χ1n) is 11.8. The van der Waals surface area contributed by atoms with E-state index in [1.165, 1.54) is 32.4 Å². The summed E-state index contributed by atoms with van der Waals surface area (Å²) in [5.41, 5.74) is 1.06. The molecule has 38 heavy (non-hydrogen) atoms. The molecule has 2 aromatic carbocycles. The van der Waals surface area contributed by atoms with Crippen molar-refractivity contribution in [2.45, 2.75) is 42.9 Å². The number of hydrogen-bond acceptors (Lipinski definition) is 12. The zero-order valence-corrected chi connectivity index (χ0v) is 21.0. The second kappa shape index (κ2) is 13.7. The van der Waals surface area contributed by atoms with Crippen LogP contribution < -0.4 is 18.9 Å². The van der Waals surface area contributed by atoms with Gasteiger partial charge in [-0.1, -0.05) is 24.3 Å². The lowest BCUT2D eigenvalue weighted by Gasteiger charge is -2.39. The molecular formula is C26H34O12. The summed E-state index contributed by atoms with van der Waals surface area (Å²) in [5.74, 6) is 0.855. The Bertz CT molecular complexity index is 1060. The van der Waals surface area contributed by atoms with E-state index in [0.29, 0.717) is 11.3 Å². The van der Waals surface area contributed by atoms with Gasteiger partial charge in [0, 0.05) is 0 Å². The summed E-state index contributed by atoms with van der Waals surface area (Å²) < 4.78 is 27.6. The molecule has 1 saturated heterocycles. The van der Waals surface area contributed by atoms with Crippen LogP contribution in [0.5, 0.6) is 23.0 Å². The molecule has 12 heteroatoms. The molecule has 0 radical (unpaired) electrons. The Balaban J connectivity index is 1.78. The molecule has 1 aliphatic rings. The topological polar surface area (TPSA) is 188 Å². The molecule has 0 aliphatic carbocycles. The van der Waals surface area contributed by atoms with Gasteiger partial charge in [-0.15, -0.1) is 0 Å². The number of rotatable bonds is 12. The van der Waals surface area contributed by atoms with Crippen molar-refractivity contribution in [2.24, 2.45) is 0 Å². The van der Waals surface area contributed by atoms with Gasteiger partial charge in [0.2, 0.25) is 6.29 Å². The van der Waals surface area contributed by atoms with Gasteiger partial charge in [0.05, 0.1) is 34.0 Å². The number of benzene rings is 2. The van der Waals surface area contributed by atoms with Crippen LogP contribution in [-0.2, 0) is 4.74 Å². The molecule has 7 N–H and O–H groups in total. The second-order valence-electron chi connectivity index (χ2n) is 8.50. The Morgan fingerprint density at radius 2 is 1.55 bits per heavy atom. The van der Waals surface area contributed by atoms with Crippen molar-refractivity contribution in [3.8, 4) is 23.0 Å². The van der Waals surface area contributed by atoms with Gasteiger partial charge in [-0.25, -0.2) is 0 Å². The Kier molecular flexibility index (Phi) is 10.7. The van der Waals surface area contributed by atoms with E-state index in [1.54, 1.807) is 30.4 Å². The molecule has 210 valence electrons. The molecule has 7 atom stereocenters. The van der Waals surface area contributed by atoms with Crippen LogP contribution in [0.4, 0.5) is 0 Å². The van der Waals surface area contributed by atoms with Gasteiger partial charge in [0.25, 0.3) is 0 Å². The quantitative estimate of drug-likeness (QED) is 0.181. The number of hydrogen-bond donors (Lipinski definition) is 7. The van der Waals surface area contributed by atoms with Crippen LogP contribution in [-0.4, -0.2) is 107 Å². The van der Waals surface area contributed by atoms with E-state index in [9.17, 15) is 30.6 Å². The first kappa shape index (κ1) is 29.6. The molecule has 7 unspecified atom stereocenters. The average Bonchev–Trinajstić information content (AvgIpc) is 2.94. The van der Waals surface area contributed by atoms with E-state index in [2.05, 4.69) is 0 Å². The van der Waals surface area contributed by atoms with Crippen LogP contribution in [0.1, 0.15) is 17.2 Å². The minimum absolute atomic E-state index is 0.0856. The van der Waals surface area contributed by atoms with Gasteiger partial charge in [-0.3, -0.25) is 0 Å². The normalized spacial score (nSPS) is 25.1. The Morgan fingerprint density at radius 1 is 0.868 bits per heavy atom. The van der Waals surface area contributed by atoms with Crippen molar-refractivity contribution >= 4 is 6.08 Å². The Morgan fingerprint density at radius 3 is 2.18 bits per heavy atom. The molecule has 2 aromatic rings. The standard InChI is InChI=1S/C26H34O12/c1-34-18-10-14(4-3-9-27)5-7-16(18)36-20(12-28)22(30)15-6-8-17(19(11-15)35-2)37-26-25(33)24(32)23(31)21(13-29)38-26/h3-8,10-11,20-33H,9,12-13H2,1-2H3. The Labute approximate surface area is 219 Å². The number of ether oxygens (including phenoxy) is 5. The molecule has 1 fully saturated rings. The molecule has 0 aromatic heterocycles. The number of aliphatic hydroxyl groups is 7. The largest absolute Gasteiger partial charge is 0.493 e. The van der Waals surface area contributed by atoms with Gasteiger partial charge in [-0.2, -0.15) is 0 Å². The molecule has 1 heterocycles. The monoisotopic (exact) mass is 538 g/mol. The molecule has 0 spiro atoms. The van der Waals surface area contributed by atoms with Crippen molar-refractivity contribution in [2.75, 3.05) is 34.0 Å². The summed E-state index contributed by atoms with van der Waals surface area (Å²) in [4.78, 5) is 0. The third-order valence-electron chi connectivity index (χ3n) is 6.03. The minimum Gasteiger partial charge on any atom is -0.493 e. The molecule has 0 saturated carbocycles. The van der Waals surface area contributed by atoms with E-state index in [1.807, 2.05) is 0 Å². The maximum atomic E-state index is 11.0. The molecule has 1 aliphatic heterocycles. The first-order chi connectivity index (χ1) is 18.3. The second-order valence-corrected chi connectivity index (χ2v) is 8.50. The summed E-state index contributed by atoms with van der Waals surface area (Å²) in [7, 11) is 2.80. The van der Waals surface area contributed by atoms with Gasteiger partial charge in [0.1, 0.15) is 30.5 Å². The smallest absolute Gasteiger partial charge is 0.229 e. The fourth-order valence-electron chi connectivity index (χ4n) is 3.91. The van der Waals surface area contributed by atoms with Crippen LogP contribution in [0.15, 0.2) is 42.5 Å². The van der Waals surface area contributed by atoms with Crippen molar-refractivity contribution in [1.29, 1.82) is 0 Å². The van der Waals surface area contributed by atoms with Crippen LogP contribution >= 0.6 is 0 Å². The molecular weight excluding hydrogens is 504 g/mol. The first-order valence-corrected chi connectivity index (χ1v) is 11.8.